The molecule has 1 N–H and O–H groups in total. The van der Waals surface area contributed by atoms with Crippen molar-refractivity contribution in [3.8, 4) is 0 Å². The molecule has 1 aliphatic carbocycles. The Balaban J connectivity index is 1.53. The molecule has 1 fully saturated rings. The Labute approximate surface area is 137 Å². The van der Waals surface area contributed by atoms with E-state index < -0.39 is 0 Å². The summed E-state index contributed by atoms with van der Waals surface area (Å²) in [6.07, 6.45) is 7.05. The zero-order valence-corrected chi connectivity index (χ0v) is 13.6. The first-order chi connectivity index (χ1) is 11.3. The molecule has 2 aromatic rings. The average Bonchev–Trinajstić information content (AvgIpc) is 2.59. The third-order valence-corrected chi connectivity index (χ3v) is 4.64. The summed E-state index contributed by atoms with van der Waals surface area (Å²) in [6, 6.07) is 9.40. The van der Waals surface area contributed by atoms with Crippen LogP contribution in [0.3, 0.4) is 0 Å². The second-order valence-corrected chi connectivity index (χ2v) is 6.30. The van der Waals surface area contributed by atoms with Crippen LogP contribution in [-0.4, -0.2) is 30.1 Å². The molecular weight excluding hydrogens is 288 g/mol. The minimum absolute atomic E-state index is 0.0658. The van der Waals surface area contributed by atoms with Crippen LogP contribution in [0.25, 0.3) is 10.9 Å². The van der Waals surface area contributed by atoms with Gasteiger partial charge in [0.2, 0.25) is 0 Å². The summed E-state index contributed by atoms with van der Waals surface area (Å²) in [6.45, 7) is 3.37. The van der Waals surface area contributed by atoms with E-state index in [0.717, 1.165) is 17.3 Å². The lowest BCUT2D eigenvalue weighted by Crippen LogP contribution is -2.31. The Morgan fingerprint density at radius 3 is 3.00 bits per heavy atom. The van der Waals surface area contributed by atoms with Gasteiger partial charge in [-0.1, -0.05) is 31.9 Å². The maximum Gasteiger partial charge on any atom is 0.252 e. The number of rotatable bonds is 5. The molecule has 1 saturated carbocycles. The number of pyridine rings is 1. The lowest BCUT2D eigenvalue weighted by atomic mass is 9.88. The van der Waals surface area contributed by atoms with Crippen molar-refractivity contribution in [2.45, 2.75) is 38.7 Å². The number of ether oxygens (including phenoxy) is 1. The van der Waals surface area contributed by atoms with Crippen molar-refractivity contribution in [2.75, 3.05) is 13.2 Å². The number of benzene rings is 1. The van der Waals surface area contributed by atoms with Crippen LogP contribution in [0, 0.1) is 5.92 Å². The van der Waals surface area contributed by atoms with Gasteiger partial charge in [0.1, 0.15) is 0 Å². The minimum Gasteiger partial charge on any atom is -0.376 e. The van der Waals surface area contributed by atoms with Crippen LogP contribution < -0.4 is 5.32 Å². The summed E-state index contributed by atoms with van der Waals surface area (Å²) < 4.78 is 5.94. The summed E-state index contributed by atoms with van der Waals surface area (Å²) >= 11 is 0. The number of hydrogen-bond acceptors (Lipinski definition) is 3. The Bertz CT molecular complexity index is 666. The normalized spacial score (nSPS) is 21.3. The average molecular weight is 312 g/mol. The molecule has 4 heteroatoms. The Morgan fingerprint density at radius 1 is 1.26 bits per heavy atom. The lowest BCUT2D eigenvalue weighted by Gasteiger charge is -2.28. The van der Waals surface area contributed by atoms with Gasteiger partial charge < -0.3 is 10.1 Å². The fraction of sp³-hybridized carbons (Fsp3) is 0.474. The van der Waals surface area contributed by atoms with Crippen molar-refractivity contribution in [3.05, 3.63) is 42.1 Å². The monoisotopic (exact) mass is 312 g/mol. The van der Waals surface area contributed by atoms with Crippen molar-refractivity contribution in [1.82, 2.24) is 10.3 Å². The Kier molecular flexibility index (Phi) is 5.23. The van der Waals surface area contributed by atoms with Crippen molar-refractivity contribution in [2.24, 2.45) is 5.92 Å². The van der Waals surface area contributed by atoms with Crippen LogP contribution >= 0.6 is 0 Å². The molecule has 23 heavy (non-hydrogen) atoms. The quantitative estimate of drug-likeness (QED) is 0.859. The predicted octanol–water partition coefficient (Wildman–Crippen LogP) is 3.56. The fourth-order valence-electron chi connectivity index (χ4n) is 3.30. The second kappa shape index (κ2) is 7.55. The zero-order chi connectivity index (χ0) is 16.1. The highest BCUT2D eigenvalue weighted by Gasteiger charge is 2.21. The summed E-state index contributed by atoms with van der Waals surface area (Å²) in [7, 11) is 0. The van der Waals surface area contributed by atoms with Gasteiger partial charge in [0.25, 0.3) is 5.91 Å². The van der Waals surface area contributed by atoms with E-state index in [2.05, 4.69) is 17.2 Å². The second-order valence-electron chi connectivity index (χ2n) is 6.30. The van der Waals surface area contributed by atoms with Crippen molar-refractivity contribution >= 4 is 16.8 Å². The fourth-order valence-corrected chi connectivity index (χ4v) is 3.30. The van der Waals surface area contributed by atoms with Gasteiger partial charge in [0.15, 0.2) is 0 Å². The molecule has 2 atom stereocenters. The molecule has 0 unspecified atom stereocenters. The standard InChI is InChI=1S/C19H24N2O2/c1-14-6-2-3-10-18(14)23-13-12-21-19(22)16-7-4-9-17-15(16)8-5-11-20-17/h4-5,7-9,11,14,18H,2-3,6,10,12-13H2,1H3,(H,21,22)/t14-,18+/m0/s1. The highest BCUT2D eigenvalue weighted by molar-refractivity contribution is 6.06. The largest absolute Gasteiger partial charge is 0.376 e. The lowest BCUT2D eigenvalue weighted by molar-refractivity contribution is -0.00293. The number of nitrogens with zero attached hydrogens (tertiary/aromatic N) is 1. The predicted molar refractivity (Wildman–Crippen MR) is 91.4 cm³/mol. The van der Waals surface area contributed by atoms with Crippen LogP contribution in [-0.2, 0) is 4.74 Å². The molecule has 0 bridgehead atoms. The van der Waals surface area contributed by atoms with Gasteiger partial charge in [-0.15, -0.1) is 0 Å². The van der Waals surface area contributed by atoms with E-state index in [4.69, 9.17) is 4.74 Å². The van der Waals surface area contributed by atoms with Gasteiger partial charge in [-0.2, -0.15) is 0 Å². The number of carbonyl (C=O) groups excluding carboxylic acids is 1. The summed E-state index contributed by atoms with van der Waals surface area (Å²) in [5.41, 5.74) is 1.51. The molecule has 1 aromatic heterocycles. The molecule has 0 aliphatic heterocycles. The number of amides is 1. The molecule has 0 radical (unpaired) electrons. The summed E-state index contributed by atoms with van der Waals surface area (Å²) in [4.78, 5) is 16.7. The van der Waals surface area contributed by atoms with Crippen LogP contribution in [0.5, 0.6) is 0 Å². The van der Waals surface area contributed by atoms with Gasteiger partial charge in [-0.3, -0.25) is 9.78 Å². The third-order valence-electron chi connectivity index (χ3n) is 4.64. The molecular formula is C19H24N2O2. The molecule has 4 nitrogen and oxygen atoms in total. The minimum atomic E-state index is -0.0658. The van der Waals surface area contributed by atoms with Crippen LogP contribution in [0.1, 0.15) is 43.0 Å². The zero-order valence-electron chi connectivity index (χ0n) is 13.6. The summed E-state index contributed by atoms with van der Waals surface area (Å²) in [5.74, 6) is 0.562. The first kappa shape index (κ1) is 15.9. The van der Waals surface area contributed by atoms with Crippen LogP contribution in [0.2, 0.25) is 0 Å². The van der Waals surface area contributed by atoms with E-state index in [1.165, 1.54) is 19.3 Å². The first-order valence-corrected chi connectivity index (χ1v) is 8.49. The number of fused-ring (bicyclic) bond motifs is 1. The van der Waals surface area contributed by atoms with Crippen LogP contribution in [0.15, 0.2) is 36.5 Å². The van der Waals surface area contributed by atoms with Crippen molar-refractivity contribution in [1.29, 1.82) is 0 Å². The van der Waals surface area contributed by atoms with Crippen molar-refractivity contribution < 1.29 is 9.53 Å². The van der Waals surface area contributed by atoms with Crippen molar-refractivity contribution in [3.63, 3.8) is 0 Å². The maximum atomic E-state index is 12.4. The summed E-state index contributed by atoms with van der Waals surface area (Å²) in [5, 5.41) is 3.84. The SMILES string of the molecule is C[C@H]1CCCC[C@H]1OCCNC(=O)c1cccc2ncccc12. The van der Waals surface area contributed by atoms with Gasteiger partial charge in [-0.25, -0.2) is 0 Å². The van der Waals surface area contributed by atoms with E-state index in [1.54, 1.807) is 6.20 Å². The molecule has 1 aromatic carbocycles. The topological polar surface area (TPSA) is 51.2 Å². The molecule has 122 valence electrons. The molecule has 1 heterocycles. The van der Waals surface area contributed by atoms with E-state index in [0.29, 0.717) is 30.7 Å². The van der Waals surface area contributed by atoms with Gasteiger partial charge in [-0.05, 0) is 37.0 Å². The number of carbonyl (C=O) groups is 1. The smallest absolute Gasteiger partial charge is 0.252 e. The van der Waals surface area contributed by atoms with Gasteiger partial charge in [0.05, 0.1) is 18.2 Å². The number of hydrogen-bond donors (Lipinski definition) is 1. The molecule has 1 amide bonds. The number of aromatic nitrogens is 1. The maximum absolute atomic E-state index is 12.4. The van der Waals surface area contributed by atoms with E-state index in [1.807, 2.05) is 30.3 Å². The van der Waals surface area contributed by atoms with Gasteiger partial charge >= 0.3 is 0 Å². The molecule has 0 spiro atoms. The van der Waals surface area contributed by atoms with E-state index in [9.17, 15) is 4.79 Å². The first-order valence-electron chi connectivity index (χ1n) is 8.49. The molecule has 1 aliphatic rings. The van der Waals surface area contributed by atoms with Gasteiger partial charge in [0, 0.05) is 23.7 Å². The van der Waals surface area contributed by atoms with Crippen LogP contribution in [0.4, 0.5) is 0 Å². The highest BCUT2D eigenvalue weighted by Crippen LogP contribution is 2.26. The Hall–Kier alpha value is -1.94. The Morgan fingerprint density at radius 2 is 2.13 bits per heavy atom. The molecule has 3 rings (SSSR count). The molecule has 0 saturated heterocycles. The van der Waals surface area contributed by atoms with E-state index >= 15 is 0 Å². The third kappa shape index (κ3) is 3.88. The van der Waals surface area contributed by atoms with E-state index in [-0.39, 0.29) is 5.91 Å². The number of nitrogens with one attached hydrogen (secondary N) is 1. The highest BCUT2D eigenvalue weighted by atomic mass is 16.5.